The van der Waals surface area contributed by atoms with Crippen molar-refractivity contribution in [2.24, 2.45) is 5.92 Å². The smallest absolute Gasteiger partial charge is 0.229 e. The van der Waals surface area contributed by atoms with Gasteiger partial charge in [0.25, 0.3) is 0 Å². The van der Waals surface area contributed by atoms with Crippen molar-refractivity contribution in [1.82, 2.24) is 4.31 Å². The van der Waals surface area contributed by atoms with Crippen molar-refractivity contribution >= 4 is 33.6 Å². The normalized spacial score (nSPS) is 22.8. The minimum Gasteiger partial charge on any atom is -0.598 e. The minimum atomic E-state index is -3.52. The van der Waals surface area contributed by atoms with Crippen LogP contribution in [0.25, 0.3) is 0 Å². The molecule has 1 aliphatic rings. The van der Waals surface area contributed by atoms with Crippen LogP contribution in [0.4, 0.5) is 10.1 Å². The summed E-state index contributed by atoms with van der Waals surface area (Å²) in [6.45, 7) is 0.0767. The molecule has 8 heteroatoms. The molecule has 1 heterocycles. The monoisotopic (exact) mass is 396 g/mol. The van der Waals surface area contributed by atoms with Gasteiger partial charge in [0.05, 0.1) is 18.5 Å². The standard InChI is InChI=1S/C18H18ClFN2O3S/c1-26(24,25)22-11-13(9-17(22)12-5-7-15(20)8-6-12)18(23)21-16-4-2-3-14(19)10-16/h2-8,10,13,17H,9,11H2,1H3,(H-,21,23,24,25)/t13-,17-/m1/s1. The molecule has 2 aromatic carbocycles. The fourth-order valence-corrected chi connectivity index (χ4v) is 4.47. The number of nitrogens with zero attached hydrogens (tertiary/aromatic N) is 1. The third kappa shape index (κ3) is 4.29. The maximum atomic E-state index is 13.2. The molecule has 0 aliphatic carbocycles. The van der Waals surface area contributed by atoms with Crippen LogP contribution in [0.15, 0.2) is 48.5 Å². The lowest BCUT2D eigenvalue weighted by molar-refractivity contribution is -0.119. The summed E-state index contributed by atoms with van der Waals surface area (Å²) < 4.78 is 38.8. The van der Waals surface area contributed by atoms with Crippen LogP contribution in [0.5, 0.6) is 0 Å². The van der Waals surface area contributed by atoms with Crippen LogP contribution < -0.4 is 5.32 Å². The second-order valence-electron chi connectivity index (χ2n) is 6.33. The van der Waals surface area contributed by atoms with Crippen molar-refractivity contribution in [2.45, 2.75) is 12.5 Å². The third-order valence-electron chi connectivity index (χ3n) is 4.40. The van der Waals surface area contributed by atoms with Gasteiger partial charge >= 0.3 is 0 Å². The zero-order valence-electron chi connectivity index (χ0n) is 14.0. The van der Waals surface area contributed by atoms with Gasteiger partial charge in [-0.2, -0.15) is 0 Å². The van der Waals surface area contributed by atoms with E-state index in [1.807, 2.05) is 0 Å². The summed E-state index contributed by atoms with van der Waals surface area (Å²) in [5.41, 5.74) is 1.22. The molecule has 1 N–H and O–H groups in total. The van der Waals surface area contributed by atoms with E-state index in [4.69, 9.17) is 11.6 Å². The number of amides is 1. The molecule has 3 atom stereocenters. The molecular weight excluding hydrogens is 379 g/mol. The molecule has 0 bridgehead atoms. The molecule has 1 amide bonds. The lowest BCUT2D eigenvalue weighted by atomic mass is 9.99. The van der Waals surface area contributed by atoms with Gasteiger partial charge in [-0.05, 0) is 42.3 Å². The van der Waals surface area contributed by atoms with Crippen molar-refractivity contribution in [3.8, 4) is 0 Å². The predicted octanol–water partition coefficient (Wildman–Crippen LogP) is 3.66. The van der Waals surface area contributed by atoms with Gasteiger partial charge < -0.3 is 9.87 Å². The molecule has 3 rings (SSSR count). The molecule has 26 heavy (non-hydrogen) atoms. The Labute approximate surface area is 157 Å². The fraction of sp³-hybridized carbons (Fsp3) is 0.278. The maximum absolute atomic E-state index is 13.2. The number of carbonyl (C=O) groups is 1. The van der Waals surface area contributed by atoms with E-state index >= 15 is 0 Å². The van der Waals surface area contributed by atoms with Crippen LogP contribution in [0.3, 0.4) is 0 Å². The van der Waals surface area contributed by atoms with E-state index in [2.05, 4.69) is 5.32 Å². The number of rotatable bonds is 4. The first-order valence-corrected chi connectivity index (χ1v) is 10.3. The summed E-state index contributed by atoms with van der Waals surface area (Å²) >= 11 is 5.92. The van der Waals surface area contributed by atoms with Crippen LogP contribution in [0.2, 0.25) is 5.02 Å². The molecule has 0 saturated carbocycles. The maximum Gasteiger partial charge on any atom is 0.229 e. The molecule has 1 aliphatic heterocycles. The molecule has 2 aromatic rings. The second-order valence-corrected chi connectivity index (χ2v) is 8.70. The highest BCUT2D eigenvalue weighted by atomic mass is 35.5. The summed E-state index contributed by atoms with van der Waals surface area (Å²) in [4.78, 5) is 12.6. The first-order chi connectivity index (χ1) is 12.2. The van der Waals surface area contributed by atoms with Crippen molar-refractivity contribution in [1.29, 1.82) is 0 Å². The van der Waals surface area contributed by atoms with Gasteiger partial charge in [-0.3, -0.25) is 4.79 Å². The first-order valence-electron chi connectivity index (χ1n) is 8.03. The predicted molar refractivity (Wildman–Crippen MR) is 98.8 cm³/mol. The van der Waals surface area contributed by atoms with E-state index in [-0.39, 0.29) is 12.5 Å². The number of benzene rings is 2. The molecule has 0 aromatic heterocycles. The molecule has 0 spiro atoms. The summed E-state index contributed by atoms with van der Waals surface area (Å²) in [6, 6.07) is 11.9. The topological polar surface area (TPSA) is 72.5 Å². The SMILES string of the molecule is C[S+](=O)([O-])N1C[C@H](C(=O)Nc2cccc(Cl)c2)C[C@@H]1c1ccc(F)cc1. The average Bonchev–Trinajstić information content (AvgIpc) is 3.01. The Balaban J connectivity index is 1.80. The number of sulfonamides is 1. The molecule has 1 unspecified atom stereocenters. The van der Waals surface area contributed by atoms with Crippen molar-refractivity contribution in [3.05, 3.63) is 64.9 Å². The molecule has 0 radical (unpaired) electrons. The quantitative estimate of drug-likeness (QED) is 0.801. The highest BCUT2D eigenvalue weighted by Crippen LogP contribution is 2.39. The van der Waals surface area contributed by atoms with Crippen LogP contribution in [0.1, 0.15) is 18.0 Å². The number of halogens is 2. The van der Waals surface area contributed by atoms with Gasteiger partial charge in [0.15, 0.2) is 0 Å². The number of carbonyl (C=O) groups excluding carboxylic acids is 1. The van der Waals surface area contributed by atoms with Crippen LogP contribution in [-0.4, -0.2) is 27.6 Å². The van der Waals surface area contributed by atoms with E-state index in [0.717, 1.165) is 6.26 Å². The largest absolute Gasteiger partial charge is 0.598 e. The Bertz CT molecular complexity index is 856. The zero-order chi connectivity index (χ0) is 18.9. The molecule has 5 nitrogen and oxygen atoms in total. The van der Waals surface area contributed by atoms with E-state index in [1.165, 1.54) is 16.4 Å². The van der Waals surface area contributed by atoms with Gasteiger partial charge in [-0.15, -0.1) is 4.31 Å². The van der Waals surface area contributed by atoms with E-state index < -0.39 is 28.2 Å². The Morgan fingerprint density at radius 1 is 1.31 bits per heavy atom. The number of hydrogen-bond donors (Lipinski definition) is 1. The fourth-order valence-electron chi connectivity index (χ4n) is 3.16. The molecular formula is C18H18ClFN2O3S. The first kappa shape index (κ1) is 19.0. The number of hydrogen-bond acceptors (Lipinski definition) is 3. The van der Waals surface area contributed by atoms with Gasteiger partial charge in [-0.1, -0.05) is 34.0 Å². The van der Waals surface area contributed by atoms with E-state index in [0.29, 0.717) is 22.7 Å². The van der Waals surface area contributed by atoms with Crippen LogP contribution in [0, 0.1) is 11.7 Å². The minimum absolute atomic E-state index is 0.0767. The molecule has 1 fully saturated rings. The summed E-state index contributed by atoms with van der Waals surface area (Å²) in [6.07, 6.45) is 1.44. The molecule has 1 saturated heterocycles. The molecule has 138 valence electrons. The van der Waals surface area contributed by atoms with Crippen LogP contribution in [-0.2, 0) is 19.4 Å². The van der Waals surface area contributed by atoms with E-state index in [9.17, 15) is 17.9 Å². The Kier molecular flexibility index (Phi) is 5.43. The van der Waals surface area contributed by atoms with Crippen molar-refractivity contribution < 1.29 is 17.9 Å². The Hall–Kier alpha value is -1.80. The van der Waals surface area contributed by atoms with Gasteiger partial charge in [0.1, 0.15) is 22.5 Å². The van der Waals surface area contributed by atoms with Gasteiger partial charge in [0.2, 0.25) is 5.91 Å². The van der Waals surface area contributed by atoms with Crippen LogP contribution >= 0.6 is 11.6 Å². The zero-order valence-corrected chi connectivity index (χ0v) is 15.6. The number of nitrogens with one attached hydrogen (secondary N) is 1. The summed E-state index contributed by atoms with van der Waals surface area (Å²) in [7, 11) is -3.52. The van der Waals surface area contributed by atoms with Crippen molar-refractivity contribution in [3.63, 3.8) is 0 Å². The average molecular weight is 397 g/mol. The lowest BCUT2D eigenvalue weighted by Crippen LogP contribution is -2.36. The van der Waals surface area contributed by atoms with Gasteiger partial charge in [-0.25, -0.2) is 4.39 Å². The highest BCUT2D eigenvalue weighted by Gasteiger charge is 2.44. The second kappa shape index (κ2) is 7.44. The third-order valence-corrected chi connectivity index (χ3v) is 5.89. The number of anilines is 1. The lowest BCUT2D eigenvalue weighted by Gasteiger charge is -2.26. The van der Waals surface area contributed by atoms with Crippen molar-refractivity contribution in [2.75, 3.05) is 18.1 Å². The summed E-state index contributed by atoms with van der Waals surface area (Å²) in [5, 5.41) is 3.27. The Morgan fingerprint density at radius 2 is 2.00 bits per heavy atom. The Morgan fingerprint density at radius 3 is 2.62 bits per heavy atom. The van der Waals surface area contributed by atoms with E-state index in [1.54, 1.807) is 36.4 Å². The highest BCUT2D eigenvalue weighted by molar-refractivity contribution is 7.94. The summed E-state index contributed by atoms with van der Waals surface area (Å²) in [5.74, 6) is -1.18. The van der Waals surface area contributed by atoms with Gasteiger partial charge in [0, 0.05) is 10.7 Å².